The number of hydrogen-bond acceptors (Lipinski definition) is 4. The van der Waals surface area contributed by atoms with Crippen LogP contribution < -0.4 is 0 Å². The van der Waals surface area contributed by atoms with Gasteiger partial charge in [-0.2, -0.15) is 0 Å². The van der Waals surface area contributed by atoms with Gasteiger partial charge in [0.05, 0.1) is 4.88 Å². The van der Waals surface area contributed by atoms with E-state index >= 15 is 0 Å². The molecule has 3 nitrogen and oxygen atoms in total. The number of carbonyl (C=O) groups excluding carboxylic acids is 1. The highest BCUT2D eigenvalue weighted by molar-refractivity contribution is 7.17. The number of nitrogens with zero attached hydrogens (tertiary/aromatic N) is 2. The molecule has 0 N–H and O–H groups in total. The van der Waals surface area contributed by atoms with E-state index in [-0.39, 0.29) is 0 Å². The summed E-state index contributed by atoms with van der Waals surface area (Å²) in [4.78, 5) is 19.8. The lowest BCUT2D eigenvalue weighted by Gasteiger charge is -2.17. The van der Waals surface area contributed by atoms with Gasteiger partial charge in [0.25, 0.3) is 0 Å². The van der Waals surface area contributed by atoms with Crippen molar-refractivity contribution in [2.24, 2.45) is 5.92 Å². The molecule has 0 spiro atoms. The van der Waals surface area contributed by atoms with Crippen LogP contribution in [0.1, 0.15) is 34.4 Å². The van der Waals surface area contributed by atoms with Crippen LogP contribution in [0.3, 0.4) is 0 Å². The molecule has 0 radical (unpaired) electrons. The van der Waals surface area contributed by atoms with E-state index in [2.05, 4.69) is 11.3 Å². The molecule has 1 unspecified atom stereocenters. The maximum Gasteiger partial charge on any atom is 0.195 e. The zero-order valence-electron chi connectivity index (χ0n) is 11.1. The van der Waals surface area contributed by atoms with Crippen LogP contribution in [0.2, 0.25) is 0 Å². The van der Waals surface area contributed by atoms with Crippen molar-refractivity contribution in [2.75, 3.05) is 0 Å². The average Bonchev–Trinajstić information content (AvgIpc) is 3.11. The van der Waals surface area contributed by atoms with Crippen molar-refractivity contribution in [3.63, 3.8) is 0 Å². The molecule has 1 aliphatic carbocycles. The molecular weight excluding hydrogens is 288 g/mol. The molecule has 4 rings (SSSR count). The predicted molar refractivity (Wildman–Crippen MR) is 83.0 cm³/mol. The first-order chi connectivity index (χ1) is 9.78. The predicted octanol–water partition coefficient (Wildman–Crippen LogP) is 4.06. The molecule has 1 aliphatic rings. The van der Waals surface area contributed by atoms with Gasteiger partial charge in [0, 0.05) is 10.6 Å². The smallest absolute Gasteiger partial charge is 0.195 e. The van der Waals surface area contributed by atoms with Crippen LogP contribution in [0.15, 0.2) is 17.5 Å². The topological polar surface area (TPSA) is 34.4 Å². The zero-order chi connectivity index (χ0) is 13.7. The van der Waals surface area contributed by atoms with Crippen LogP contribution >= 0.6 is 22.7 Å². The molecule has 0 aliphatic heterocycles. The number of carbonyl (C=O) groups is 1. The molecule has 5 heteroatoms. The Balaban J connectivity index is 1.97. The number of imidazole rings is 1. The number of aldehydes is 1. The Morgan fingerprint density at radius 3 is 3.15 bits per heavy atom. The van der Waals surface area contributed by atoms with Gasteiger partial charge >= 0.3 is 0 Å². The Morgan fingerprint density at radius 1 is 1.50 bits per heavy atom. The van der Waals surface area contributed by atoms with E-state index in [0.717, 1.165) is 46.3 Å². The first kappa shape index (κ1) is 12.3. The van der Waals surface area contributed by atoms with Gasteiger partial charge in [-0.05, 0) is 36.6 Å². The van der Waals surface area contributed by atoms with Gasteiger partial charge in [-0.15, -0.1) is 22.7 Å². The van der Waals surface area contributed by atoms with Gasteiger partial charge in [0.15, 0.2) is 11.2 Å². The van der Waals surface area contributed by atoms with Crippen LogP contribution in [0, 0.1) is 5.92 Å². The monoisotopic (exact) mass is 302 g/mol. The minimum atomic E-state index is 0.717. The highest BCUT2D eigenvalue weighted by Crippen LogP contribution is 2.36. The maximum absolute atomic E-state index is 11.6. The summed E-state index contributed by atoms with van der Waals surface area (Å²) in [6.45, 7) is 2.29. The first-order valence-corrected chi connectivity index (χ1v) is 8.49. The van der Waals surface area contributed by atoms with Crippen LogP contribution in [-0.4, -0.2) is 15.7 Å². The number of aromatic nitrogens is 2. The summed E-state index contributed by atoms with van der Waals surface area (Å²) in [5, 5.41) is 2.02. The molecule has 102 valence electrons. The van der Waals surface area contributed by atoms with E-state index in [0.29, 0.717) is 0 Å². The summed E-state index contributed by atoms with van der Waals surface area (Å²) >= 11 is 3.38. The standard InChI is InChI=1S/C15H14N2OS2/c1-9-4-5-10-13(7-9)20-15-16-14(11(8-18)17(10)15)12-3-2-6-19-12/h2-3,6,8-9H,4-5,7H2,1H3. The second kappa shape index (κ2) is 4.53. The Labute approximate surface area is 124 Å². The quantitative estimate of drug-likeness (QED) is 0.669. The van der Waals surface area contributed by atoms with Gasteiger partial charge in [-0.1, -0.05) is 13.0 Å². The minimum absolute atomic E-state index is 0.717. The molecule has 3 heterocycles. The van der Waals surface area contributed by atoms with E-state index in [1.165, 1.54) is 17.0 Å². The highest BCUT2D eigenvalue weighted by atomic mass is 32.1. The largest absolute Gasteiger partial charge is 0.296 e. The van der Waals surface area contributed by atoms with Crippen molar-refractivity contribution in [1.82, 2.24) is 9.38 Å². The molecule has 3 aromatic rings. The van der Waals surface area contributed by atoms with Crippen LogP contribution in [0.25, 0.3) is 15.5 Å². The lowest BCUT2D eigenvalue weighted by molar-refractivity contribution is 0.111. The van der Waals surface area contributed by atoms with Crippen molar-refractivity contribution < 1.29 is 4.79 Å². The van der Waals surface area contributed by atoms with Gasteiger partial charge in [-0.25, -0.2) is 4.98 Å². The fourth-order valence-corrected chi connectivity index (χ4v) is 5.01. The summed E-state index contributed by atoms with van der Waals surface area (Å²) in [5.74, 6) is 0.738. The Bertz CT molecular complexity index is 783. The van der Waals surface area contributed by atoms with Gasteiger partial charge < -0.3 is 0 Å². The van der Waals surface area contributed by atoms with Gasteiger partial charge in [0.2, 0.25) is 0 Å². The van der Waals surface area contributed by atoms with Crippen LogP contribution in [0.5, 0.6) is 0 Å². The molecule has 3 aromatic heterocycles. The average molecular weight is 302 g/mol. The van der Waals surface area contributed by atoms with Gasteiger partial charge in [-0.3, -0.25) is 9.20 Å². The van der Waals surface area contributed by atoms with Crippen molar-refractivity contribution in [3.05, 3.63) is 33.8 Å². The molecule has 0 saturated heterocycles. The SMILES string of the molecule is CC1CCc2c(sc3nc(-c4cccs4)c(C=O)n23)C1. The second-order valence-corrected chi connectivity index (χ2v) is 7.39. The van der Waals surface area contributed by atoms with E-state index < -0.39 is 0 Å². The normalized spacial score (nSPS) is 18.4. The summed E-state index contributed by atoms with van der Waals surface area (Å²) in [6.07, 6.45) is 4.33. The molecule has 0 amide bonds. The highest BCUT2D eigenvalue weighted by Gasteiger charge is 2.25. The summed E-state index contributed by atoms with van der Waals surface area (Å²) < 4.78 is 2.09. The van der Waals surface area contributed by atoms with E-state index in [1.807, 2.05) is 17.5 Å². The number of thiazole rings is 1. The molecule has 1 atom stereocenters. The molecule has 0 saturated carbocycles. The number of hydrogen-bond donors (Lipinski definition) is 0. The Kier molecular flexibility index (Phi) is 2.79. The second-order valence-electron chi connectivity index (χ2n) is 5.38. The molecular formula is C15H14N2OS2. The summed E-state index contributed by atoms with van der Waals surface area (Å²) in [6, 6.07) is 4.03. The number of rotatable bonds is 2. The van der Waals surface area contributed by atoms with E-state index in [1.54, 1.807) is 22.7 Å². The molecule has 0 bridgehead atoms. The lowest BCUT2D eigenvalue weighted by atomic mass is 9.93. The number of thiophene rings is 1. The molecule has 0 aromatic carbocycles. The van der Waals surface area contributed by atoms with E-state index in [9.17, 15) is 4.79 Å². The Morgan fingerprint density at radius 2 is 2.40 bits per heavy atom. The Hall–Kier alpha value is -1.46. The zero-order valence-corrected chi connectivity index (χ0v) is 12.8. The summed E-state index contributed by atoms with van der Waals surface area (Å²) in [7, 11) is 0. The molecule has 20 heavy (non-hydrogen) atoms. The lowest BCUT2D eigenvalue weighted by Crippen LogP contribution is -2.11. The maximum atomic E-state index is 11.6. The third kappa shape index (κ3) is 1.70. The summed E-state index contributed by atoms with van der Waals surface area (Å²) in [5.41, 5.74) is 2.86. The van der Waals surface area contributed by atoms with Gasteiger partial charge in [0.1, 0.15) is 11.4 Å². The fraction of sp³-hybridized carbons (Fsp3) is 0.333. The minimum Gasteiger partial charge on any atom is -0.296 e. The third-order valence-corrected chi connectivity index (χ3v) is 5.94. The first-order valence-electron chi connectivity index (χ1n) is 6.80. The van der Waals surface area contributed by atoms with Crippen LogP contribution in [-0.2, 0) is 12.8 Å². The molecule has 0 fully saturated rings. The van der Waals surface area contributed by atoms with Crippen LogP contribution in [0.4, 0.5) is 0 Å². The van der Waals surface area contributed by atoms with Crippen molar-refractivity contribution >= 4 is 33.9 Å². The fourth-order valence-electron chi connectivity index (χ4n) is 2.95. The van der Waals surface area contributed by atoms with Crippen molar-refractivity contribution in [3.8, 4) is 10.6 Å². The third-order valence-electron chi connectivity index (χ3n) is 3.96. The van der Waals surface area contributed by atoms with Crippen molar-refractivity contribution in [1.29, 1.82) is 0 Å². The van der Waals surface area contributed by atoms with E-state index in [4.69, 9.17) is 4.98 Å². The number of aryl methyl sites for hydroxylation is 1. The van der Waals surface area contributed by atoms with Crippen molar-refractivity contribution in [2.45, 2.75) is 26.2 Å². The number of fused-ring (bicyclic) bond motifs is 3.